The molecule has 1 unspecified atom stereocenters. The maximum absolute atomic E-state index is 11.1. The fourth-order valence-corrected chi connectivity index (χ4v) is 3.20. The third kappa shape index (κ3) is 3.48. The van der Waals surface area contributed by atoms with Gasteiger partial charge >= 0.3 is 5.97 Å². The summed E-state index contributed by atoms with van der Waals surface area (Å²) in [4.78, 5) is 12.5. The fourth-order valence-electron chi connectivity index (χ4n) is 1.92. The first-order valence-electron chi connectivity index (χ1n) is 5.90. The van der Waals surface area contributed by atoms with Crippen molar-refractivity contribution < 1.29 is 9.53 Å². The molecule has 0 aromatic heterocycles. The molecule has 4 heteroatoms. The van der Waals surface area contributed by atoms with E-state index in [-0.39, 0.29) is 5.97 Å². The second-order valence-corrected chi connectivity index (χ2v) is 5.33. The van der Waals surface area contributed by atoms with Gasteiger partial charge in [-0.3, -0.25) is 4.79 Å². The average Bonchev–Trinajstić information content (AvgIpc) is 2.71. The predicted molar refractivity (Wildman–Crippen MR) is 69.3 cm³/mol. The lowest BCUT2D eigenvalue weighted by atomic mass is 10.1. The van der Waals surface area contributed by atoms with Crippen molar-refractivity contribution in [2.75, 3.05) is 19.7 Å². The minimum Gasteiger partial charge on any atom is -0.465 e. The molecule has 0 saturated heterocycles. The summed E-state index contributed by atoms with van der Waals surface area (Å²) < 4.78 is 4.86. The van der Waals surface area contributed by atoms with Gasteiger partial charge in [0.05, 0.1) is 13.2 Å². The smallest absolute Gasteiger partial charge is 0.319 e. The summed E-state index contributed by atoms with van der Waals surface area (Å²) in [6.07, 6.45) is 1.08. The summed E-state index contributed by atoms with van der Waals surface area (Å²) in [7, 11) is 0. The number of fused-ring (bicyclic) bond motifs is 1. The van der Waals surface area contributed by atoms with Crippen molar-refractivity contribution in [2.45, 2.75) is 23.5 Å². The van der Waals surface area contributed by atoms with E-state index in [2.05, 4.69) is 29.6 Å². The van der Waals surface area contributed by atoms with Gasteiger partial charge < -0.3 is 10.1 Å². The number of thioether (sulfide) groups is 1. The van der Waals surface area contributed by atoms with Crippen LogP contribution in [0.1, 0.15) is 12.5 Å². The van der Waals surface area contributed by atoms with Crippen molar-refractivity contribution in [3.8, 4) is 0 Å². The Bertz CT molecular complexity index is 370. The summed E-state index contributed by atoms with van der Waals surface area (Å²) in [5, 5.41) is 3.68. The lowest BCUT2D eigenvalue weighted by Gasteiger charge is -2.09. The maximum Gasteiger partial charge on any atom is 0.319 e. The lowest BCUT2D eigenvalue weighted by Crippen LogP contribution is -2.30. The Balaban J connectivity index is 1.72. The van der Waals surface area contributed by atoms with Crippen LogP contribution in [-0.2, 0) is 16.0 Å². The molecular weight excluding hydrogens is 234 g/mol. The number of ether oxygens (including phenoxy) is 1. The van der Waals surface area contributed by atoms with Crippen LogP contribution in [0.4, 0.5) is 0 Å². The Morgan fingerprint density at radius 2 is 2.35 bits per heavy atom. The van der Waals surface area contributed by atoms with Crippen molar-refractivity contribution in [3.63, 3.8) is 0 Å². The molecule has 1 aromatic carbocycles. The van der Waals surface area contributed by atoms with Crippen LogP contribution in [0.2, 0.25) is 0 Å². The fraction of sp³-hybridized carbons (Fsp3) is 0.462. The highest BCUT2D eigenvalue weighted by Gasteiger charge is 2.21. The number of esters is 1. The van der Waals surface area contributed by atoms with Crippen LogP contribution in [0.15, 0.2) is 29.2 Å². The lowest BCUT2D eigenvalue weighted by molar-refractivity contribution is -0.141. The molecule has 0 aliphatic carbocycles. The van der Waals surface area contributed by atoms with Gasteiger partial charge in [0.1, 0.15) is 0 Å². The second-order valence-electron chi connectivity index (χ2n) is 3.99. The van der Waals surface area contributed by atoms with E-state index in [1.54, 1.807) is 0 Å². The second kappa shape index (κ2) is 6.07. The van der Waals surface area contributed by atoms with Crippen LogP contribution in [0, 0.1) is 0 Å². The Hall–Kier alpha value is -1.00. The Kier molecular flexibility index (Phi) is 4.45. The molecule has 0 saturated carbocycles. The molecule has 1 aliphatic rings. The molecular formula is C13H17NO2S. The van der Waals surface area contributed by atoms with E-state index in [1.807, 2.05) is 18.7 Å². The van der Waals surface area contributed by atoms with Crippen LogP contribution < -0.4 is 5.32 Å². The number of benzene rings is 1. The van der Waals surface area contributed by atoms with Crippen LogP contribution in [0.25, 0.3) is 0 Å². The highest BCUT2D eigenvalue weighted by Crippen LogP contribution is 2.36. The van der Waals surface area contributed by atoms with Gasteiger partial charge in [-0.05, 0) is 25.0 Å². The first kappa shape index (κ1) is 12.5. The Labute approximate surface area is 106 Å². The first-order valence-corrected chi connectivity index (χ1v) is 6.78. The molecule has 0 amide bonds. The molecule has 1 heterocycles. The van der Waals surface area contributed by atoms with Gasteiger partial charge in [0.15, 0.2) is 0 Å². The summed E-state index contributed by atoms with van der Waals surface area (Å²) in [5.74, 6) is -0.173. The van der Waals surface area contributed by atoms with Crippen LogP contribution >= 0.6 is 11.8 Å². The molecule has 1 aromatic rings. The molecule has 92 valence electrons. The number of carbonyl (C=O) groups is 1. The van der Waals surface area contributed by atoms with Gasteiger partial charge in [0.25, 0.3) is 0 Å². The normalized spacial score (nSPS) is 17.8. The molecule has 2 rings (SSSR count). The van der Waals surface area contributed by atoms with E-state index in [0.717, 1.165) is 13.0 Å². The van der Waals surface area contributed by atoms with Gasteiger partial charge in [0, 0.05) is 16.7 Å². The zero-order valence-electron chi connectivity index (χ0n) is 9.94. The zero-order valence-corrected chi connectivity index (χ0v) is 10.8. The highest BCUT2D eigenvalue weighted by molar-refractivity contribution is 8.00. The number of hydrogen-bond acceptors (Lipinski definition) is 4. The number of rotatable bonds is 5. The molecule has 0 radical (unpaired) electrons. The maximum atomic E-state index is 11.1. The molecule has 0 spiro atoms. The van der Waals surface area contributed by atoms with Crippen molar-refractivity contribution in [1.82, 2.24) is 5.32 Å². The van der Waals surface area contributed by atoms with Gasteiger partial charge in [-0.15, -0.1) is 11.8 Å². The molecule has 1 atom stereocenters. The highest BCUT2D eigenvalue weighted by atomic mass is 32.2. The minimum absolute atomic E-state index is 0.173. The molecule has 0 fully saturated rings. The standard InChI is InChI=1S/C13H17NO2S/c1-2-16-13(15)9-14-8-11-7-10-5-3-4-6-12(10)17-11/h3-6,11,14H,2,7-9H2,1H3. The quantitative estimate of drug-likeness (QED) is 0.811. The summed E-state index contributed by atoms with van der Waals surface area (Å²) in [6, 6.07) is 8.48. The molecule has 1 N–H and O–H groups in total. The number of nitrogens with one attached hydrogen (secondary N) is 1. The SMILES string of the molecule is CCOC(=O)CNCC1Cc2ccccc2S1. The summed E-state index contributed by atoms with van der Waals surface area (Å²) in [5.41, 5.74) is 1.42. The van der Waals surface area contributed by atoms with Crippen molar-refractivity contribution >= 4 is 17.7 Å². The van der Waals surface area contributed by atoms with Crippen molar-refractivity contribution in [1.29, 1.82) is 0 Å². The van der Waals surface area contributed by atoms with E-state index < -0.39 is 0 Å². The minimum atomic E-state index is -0.173. The van der Waals surface area contributed by atoms with E-state index in [4.69, 9.17) is 4.74 Å². The third-order valence-electron chi connectivity index (χ3n) is 2.66. The van der Waals surface area contributed by atoms with Gasteiger partial charge in [-0.1, -0.05) is 18.2 Å². The monoisotopic (exact) mass is 251 g/mol. The number of carbonyl (C=O) groups excluding carboxylic acids is 1. The predicted octanol–water partition coefficient (Wildman–Crippen LogP) is 1.86. The number of hydrogen-bond donors (Lipinski definition) is 1. The third-order valence-corrected chi connectivity index (χ3v) is 3.98. The Morgan fingerprint density at radius 3 is 3.12 bits per heavy atom. The van der Waals surface area contributed by atoms with Gasteiger partial charge in [-0.25, -0.2) is 0 Å². The van der Waals surface area contributed by atoms with Crippen LogP contribution in [0.3, 0.4) is 0 Å². The topological polar surface area (TPSA) is 38.3 Å². The summed E-state index contributed by atoms with van der Waals surface area (Å²) >= 11 is 1.89. The van der Waals surface area contributed by atoms with E-state index >= 15 is 0 Å². The zero-order chi connectivity index (χ0) is 12.1. The van der Waals surface area contributed by atoms with Gasteiger partial charge in [0.2, 0.25) is 0 Å². The first-order chi connectivity index (χ1) is 8.29. The van der Waals surface area contributed by atoms with E-state index in [1.165, 1.54) is 10.5 Å². The van der Waals surface area contributed by atoms with Gasteiger partial charge in [-0.2, -0.15) is 0 Å². The Morgan fingerprint density at radius 1 is 1.53 bits per heavy atom. The molecule has 17 heavy (non-hydrogen) atoms. The van der Waals surface area contributed by atoms with Crippen LogP contribution in [-0.4, -0.2) is 30.9 Å². The molecule has 3 nitrogen and oxygen atoms in total. The average molecular weight is 251 g/mol. The van der Waals surface area contributed by atoms with Crippen molar-refractivity contribution in [3.05, 3.63) is 29.8 Å². The molecule has 0 bridgehead atoms. The van der Waals surface area contributed by atoms with Crippen molar-refractivity contribution in [2.24, 2.45) is 0 Å². The van der Waals surface area contributed by atoms with E-state index in [9.17, 15) is 4.79 Å². The van der Waals surface area contributed by atoms with Crippen LogP contribution in [0.5, 0.6) is 0 Å². The van der Waals surface area contributed by atoms with E-state index in [0.29, 0.717) is 18.4 Å². The largest absolute Gasteiger partial charge is 0.465 e. The summed E-state index contributed by atoms with van der Waals surface area (Å²) in [6.45, 7) is 3.42. The molecule has 1 aliphatic heterocycles.